The molecule has 1 saturated heterocycles. The number of hydrogen-bond donors (Lipinski definition) is 3. The van der Waals surface area contributed by atoms with Gasteiger partial charge in [0.15, 0.2) is 0 Å². The zero-order chi connectivity index (χ0) is 25.8. The third-order valence-corrected chi connectivity index (χ3v) is 7.76. The van der Waals surface area contributed by atoms with Crippen LogP contribution < -0.4 is 10.6 Å². The molecule has 2 aromatic rings. The van der Waals surface area contributed by atoms with E-state index < -0.39 is 17.3 Å². The summed E-state index contributed by atoms with van der Waals surface area (Å²) in [4.78, 5) is 17.4. The molecule has 6 nitrogen and oxygen atoms in total. The molecule has 0 bridgehead atoms. The molecule has 0 unspecified atom stereocenters. The second kappa shape index (κ2) is 11.2. The largest absolute Gasteiger partial charge is 0.416 e. The van der Waals surface area contributed by atoms with Gasteiger partial charge in [-0.2, -0.15) is 13.2 Å². The Morgan fingerprint density at radius 1 is 1.19 bits per heavy atom. The van der Waals surface area contributed by atoms with Crippen LogP contribution in [-0.4, -0.2) is 58.7 Å². The first-order valence-corrected chi connectivity index (χ1v) is 13.1. The zero-order valence-electron chi connectivity index (χ0n) is 20.2. The average Bonchev–Trinajstić information content (AvgIpc) is 3.17. The third-order valence-electron chi connectivity index (χ3n) is 6.65. The fourth-order valence-corrected chi connectivity index (χ4v) is 5.51. The highest BCUT2D eigenvalue weighted by molar-refractivity contribution is 7.97. The summed E-state index contributed by atoms with van der Waals surface area (Å²) in [5.41, 5.74) is 2.17. The number of carbonyl (C=O) groups excluding carboxylic acids is 1. The van der Waals surface area contributed by atoms with Gasteiger partial charge in [0.05, 0.1) is 5.56 Å². The highest BCUT2D eigenvalue weighted by Gasteiger charge is 2.46. The summed E-state index contributed by atoms with van der Waals surface area (Å²) in [6.07, 6.45) is -1.75. The monoisotopic (exact) mass is 520 g/mol. The van der Waals surface area contributed by atoms with Crippen molar-refractivity contribution in [3.8, 4) is 0 Å². The number of nitrogens with zero attached hydrogens (tertiary/aromatic N) is 2. The maximum absolute atomic E-state index is 13.1. The maximum atomic E-state index is 13.1. The van der Waals surface area contributed by atoms with Gasteiger partial charge >= 0.3 is 6.18 Å². The molecule has 0 aromatic heterocycles. The Morgan fingerprint density at radius 2 is 1.97 bits per heavy atom. The molecule has 2 aliphatic heterocycles. The van der Waals surface area contributed by atoms with Crippen molar-refractivity contribution in [3.63, 3.8) is 0 Å². The van der Waals surface area contributed by atoms with Crippen molar-refractivity contribution in [2.24, 2.45) is 4.99 Å². The van der Waals surface area contributed by atoms with Crippen LogP contribution in [0.15, 0.2) is 47.5 Å². The van der Waals surface area contributed by atoms with Crippen molar-refractivity contribution in [3.05, 3.63) is 64.7 Å². The summed E-state index contributed by atoms with van der Waals surface area (Å²) in [5, 5.41) is 14.9. The number of aliphatic hydroxyl groups excluding tert-OH is 1. The molecule has 1 fully saturated rings. The summed E-state index contributed by atoms with van der Waals surface area (Å²) in [7, 11) is 0. The number of benzene rings is 2. The van der Waals surface area contributed by atoms with Gasteiger partial charge < -0.3 is 15.7 Å². The summed E-state index contributed by atoms with van der Waals surface area (Å²) >= 11 is 1.75. The number of piperidine rings is 1. The number of amidine groups is 1. The van der Waals surface area contributed by atoms with Crippen molar-refractivity contribution >= 4 is 29.4 Å². The average molecular weight is 521 g/mol. The first kappa shape index (κ1) is 26.5. The first-order chi connectivity index (χ1) is 17.2. The molecule has 194 valence electrons. The Labute approximate surface area is 213 Å². The van der Waals surface area contributed by atoms with E-state index in [9.17, 15) is 18.0 Å². The minimum Gasteiger partial charge on any atom is -0.396 e. The predicted molar refractivity (Wildman–Crippen MR) is 137 cm³/mol. The number of carbonyl (C=O) groups is 1. The van der Waals surface area contributed by atoms with Crippen molar-refractivity contribution in [1.82, 2.24) is 9.62 Å². The van der Waals surface area contributed by atoms with E-state index in [0.717, 1.165) is 36.5 Å². The van der Waals surface area contributed by atoms with E-state index in [4.69, 9.17) is 5.11 Å². The molecule has 2 heterocycles. The van der Waals surface area contributed by atoms with Crippen LogP contribution >= 0.6 is 11.9 Å². The Morgan fingerprint density at radius 3 is 2.67 bits per heavy atom. The molecule has 1 amide bonds. The summed E-state index contributed by atoms with van der Waals surface area (Å²) in [6, 6.07) is 11.2. The van der Waals surface area contributed by atoms with Crippen molar-refractivity contribution < 1.29 is 23.1 Å². The molecule has 2 aliphatic rings. The predicted octanol–water partition coefficient (Wildman–Crippen LogP) is 4.41. The number of aryl methyl sites for hydroxylation is 2. The Hall–Kier alpha value is -2.56. The molecular formula is C26H31F3N4O2S. The smallest absolute Gasteiger partial charge is 0.396 e. The van der Waals surface area contributed by atoms with E-state index in [1.165, 1.54) is 23.3 Å². The lowest BCUT2D eigenvalue weighted by atomic mass is 9.89. The highest BCUT2D eigenvalue weighted by atomic mass is 32.2. The quantitative estimate of drug-likeness (QED) is 0.337. The standard InChI is InChI=1S/C26H31F3N4O2S/c1-18-16-22(30-11-3-14-34)7-6-19(18)8-15-36-33-12-9-25(10-13-33)24(35)31-23(32-25)20-4-2-5-21(17-20)26(27,28)29/h2,4-7,16-17,30,34H,3,8-15H2,1H3,(H,31,32,35). The number of rotatable bonds is 9. The molecular weight excluding hydrogens is 489 g/mol. The van der Waals surface area contributed by atoms with Crippen molar-refractivity contribution in [1.29, 1.82) is 0 Å². The number of alkyl halides is 3. The Bertz CT molecular complexity index is 1110. The number of nitrogens with one attached hydrogen (secondary N) is 2. The molecule has 0 aliphatic carbocycles. The minimum atomic E-state index is -4.45. The molecule has 0 radical (unpaired) electrons. The van der Waals surface area contributed by atoms with Gasteiger partial charge in [0, 0.05) is 43.2 Å². The van der Waals surface area contributed by atoms with Crippen LogP contribution in [0.2, 0.25) is 0 Å². The molecule has 2 aromatic carbocycles. The van der Waals surface area contributed by atoms with Gasteiger partial charge in [-0.15, -0.1) is 0 Å². The lowest BCUT2D eigenvalue weighted by molar-refractivity contribution is -0.137. The Kier molecular flexibility index (Phi) is 8.27. The molecule has 4 rings (SSSR count). The van der Waals surface area contributed by atoms with Crippen LogP contribution in [0.1, 0.15) is 41.5 Å². The van der Waals surface area contributed by atoms with Crippen LogP contribution in [0.5, 0.6) is 0 Å². The van der Waals surface area contributed by atoms with E-state index >= 15 is 0 Å². The Balaban J connectivity index is 1.29. The van der Waals surface area contributed by atoms with Crippen molar-refractivity contribution in [2.75, 3.05) is 37.3 Å². The first-order valence-electron chi connectivity index (χ1n) is 12.1. The number of aliphatic hydroxyl groups is 1. The summed E-state index contributed by atoms with van der Waals surface area (Å²) in [6.45, 7) is 4.38. The highest BCUT2D eigenvalue weighted by Crippen LogP contribution is 2.35. The lowest BCUT2D eigenvalue weighted by Gasteiger charge is -2.34. The summed E-state index contributed by atoms with van der Waals surface area (Å²) < 4.78 is 41.5. The summed E-state index contributed by atoms with van der Waals surface area (Å²) in [5.74, 6) is 0.899. The van der Waals surface area contributed by atoms with Gasteiger partial charge in [-0.3, -0.25) is 14.1 Å². The topological polar surface area (TPSA) is 77.0 Å². The number of amides is 1. The second-order valence-corrected chi connectivity index (χ2v) is 10.4. The van der Waals surface area contributed by atoms with Gasteiger partial charge in [0.2, 0.25) is 0 Å². The molecule has 0 atom stereocenters. The fourth-order valence-electron chi connectivity index (χ4n) is 4.50. The van der Waals surface area contributed by atoms with Gasteiger partial charge in [-0.25, -0.2) is 0 Å². The molecule has 0 saturated carbocycles. The maximum Gasteiger partial charge on any atom is 0.416 e. The molecule has 10 heteroatoms. The van der Waals surface area contributed by atoms with E-state index in [1.807, 2.05) is 0 Å². The van der Waals surface area contributed by atoms with Crippen LogP contribution in [0.4, 0.5) is 18.9 Å². The number of hydrogen-bond acceptors (Lipinski definition) is 6. The van der Waals surface area contributed by atoms with E-state index in [2.05, 4.69) is 45.1 Å². The van der Waals surface area contributed by atoms with Gasteiger partial charge in [-0.05, 0) is 68.0 Å². The molecule has 3 N–H and O–H groups in total. The zero-order valence-corrected chi connectivity index (χ0v) is 21.0. The lowest BCUT2D eigenvalue weighted by Crippen LogP contribution is -2.47. The number of halogens is 3. The van der Waals surface area contributed by atoms with Crippen LogP contribution in [0, 0.1) is 6.92 Å². The fraction of sp³-hybridized carbons (Fsp3) is 0.462. The van der Waals surface area contributed by atoms with Gasteiger partial charge in [0.25, 0.3) is 5.91 Å². The van der Waals surface area contributed by atoms with Crippen LogP contribution in [0.25, 0.3) is 0 Å². The third kappa shape index (κ3) is 6.22. The molecule has 36 heavy (non-hydrogen) atoms. The van der Waals surface area contributed by atoms with Crippen molar-refractivity contribution in [2.45, 2.75) is 44.3 Å². The SMILES string of the molecule is Cc1cc(NCCCO)ccc1CCSN1CCC2(CC1)N=C(c1cccc(C(F)(F)F)c1)NC2=O. The van der Waals surface area contributed by atoms with Gasteiger partial charge in [0.1, 0.15) is 11.4 Å². The second-order valence-electron chi connectivity index (χ2n) is 9.18. The number of anilines is 1. The van der Waals surface area contributed by atoms with Crippen LogP contribution in [-0.2, 0) is 17.4 Å². The van der Waals surface area contributed by atoms with E-state index in [-0.39, 0.29) is 23.9 Å². The minimum absolute atomic E-state index is 0.174. The molecule has 1 spiro atoms. The van der Waals surface area contributed by atoms with Gasteiger partial charge in [-0.1, -0.05) is 30.1 Å². The normalized spacial score (nSPS) is 17.8. The number of aliphatic imine (C=N–C) groups is 1. The van der Waals surface area contributed by atoms with E-state index in [1.54, 1.807) is 11.9 Å². The van der Waals surface area contributed by atoms with E-state index in [0.29, 0.717) is 32.4 Å². The van der Waals surface area contributed by atoms with Crippen LogP contribution in [0.3, 0.4) is 0 Å².